The van der Waals surface area contributed by atoms with Crippen molar-refractivity contribution in [1.29, 1.82) is 0 Å². The van der Waals surface area contributed by atoms with E-state index in [2.05, 4.69) is 22.9 Å². The van der Waals surface area contributed by atoms with Crippen LogP contribution in [0.5, 0.6) is 0 Å². The number of hydrogen-bond donors (Lipinski definition) is 1. The predicted molar refractivity (Wildman–Crippen MR) is 83.8 cm³/mol. The molecule has 2 unspecified atom stereocenters. The molecule has 1 fully saturated rings. The number of likely N-dealkylation sites (tertiary alicyclic amines) is 1. The number of piperidine rings is 1. The Morgan fingerprint density at radius 1 is 1.40 bits per heavy atom. The van der Waals surface area contributed by atoms with E-state index in [0.717, 1.165) is 41.9 Å². The summed E-state index contributed by atoms with van der Waals surface area (Å²) in [5.74, 6) is 0. The Morgan fingerprint density at radius 2 is 2.25 bits per heavy atom. The third-order valence-electron chi connectivity index (χ3n) is 4.23. The van der Waals surface area contributed by atoms with Gasteiger partial charge in [-0.2, -0.15) is 0 Å². The fourth-order valence-corrected chi connectivity index (χ4v) is 3.25. The second-order valence-corrected chi connectivity index (χ2v) is 6.12. The van der Waals surface area contributed by atoms with Gasteiger partial charge in [-0.25, -0.2) is 0 Å². The van der Waals surface area contributed by atoms with Crippen molar-refractivity contribution in [1.82, 2.24) is 9.88 Å². The summed E-state index contributed by atoms with van der Waals surface area (Å²) in [6.07, 6.45) is 3.97. The van der Waals surface area contributed by atoms with Gasteiger partial charge in [0, 0.05) is 41.8 Å². The minimum atomic E-state index is 0.348. The average molecular weight is 290 g/mol. The Kier molecular flexibility index (Phi) is 3.92. The second kappa shape index (κ2) is 5.68. The van der Waals surface area contributed by atoms with Gasteiger partial charge in [0.1, 0.15) is 0 Å². The lowest BCUT2D eigenvalue weighted by molar-refractivity contribution is 0.140. The van der Waals surface area contributed by atoms with Gasteiger partial charge in [-0.05, 0) is 43.5 Å². The molecule has 3 rings (SSSR count). The van der Waals surface area contributed by atoms with E-state index in [1.165, 1.54) is 5.56 Å². The summed E-state index contributed by atoms with van der Waals surface area (Å²) < 4.78 is 0. The van der Waals surface area contributed by atoms with Crippen LogP contribution < -0.4 is 5.73 Å². The molecule has 2 N–H and O–H groups in total. The van der Waals surface area contributed by atoms with Gasteiger partial charge in [-0.15, -0.1) is 0 Å². The zero-order valence-electron chi connectivity index (χ0n) is 11.7. The highest BCUT2D eigenvalue weighted by Crippen LogP contribution is 2.27. The van der Waals surface area contributed by atoms with E-state index in [1.807, 2.05) is 24.4 Å². The fraction of sp³-hybridized carbons (Fsp3) is 0.438. The first kappa shape index (κ1) is 13.8. The Balaban J connectivity index is 1.90. The van der Waals surface area contributed by atoms with Crippen molar-refractivity contribution in [2.45, 2.75) is 38.4 Å². The van der Waals surface area contributed by atoms with Crippen molar-refractivity contribution < 1.29 is 0 Å². The van der Waals surface area contributed by atoms with Gasteiger partial charge in [0.2, 0.25) is 0 Å². The van der Waals surface area contributed by atoms with Crippen LogP contribution in [0.25, 0.3) is 10.9 Å². The molecule has 0 bridgehead atoms. The fourth-order valence-electron chi connectivity index (χ4n) is 3.03. The Labute approximate surface area is 124 Å². The van der Waals surface area contributed by atoms with Crippen molar-refractivity contribution in [2.75, 3.05) is 6.54 Å². The number of nitrogens with two attached hydrogens (primary N) is 1. The molecule has 106 valence electrons. The Morgan fingerprint density at radius 3 is 3.05 bits per heavy atom. The highest BCUT2D eigenvalue weighted by molar-refractivity contribution is 6.35. The van der Waals surface area contributed by atoms with Gasteiger partial charge in [0.05, 0.1) is 5.52 Å². The Bertz CT molecular complexity index is 614. The molecule has 1 aliphatic heterocycles. The van der Waals surface area contributed by atoms with E-state index < -0.39 is 0 Å². The molecule has 0 aliphatic carbocycles. The van der Waals surface area contributed by atoms with Crippen LogP contribution in [0.1, 0.15) is 25.3 Å². The second-order valence-electron chi connectivity index (χ2n) is 5.71. The van der Waals surface area contributed by atoms with Crippen LogP contribution in [0.15, 0.2) is 30.5 Å². The predicted octanol–water partition coefficient (Wildman–Crippen LogP) is 3.20. The van der Waals surface area contributed by atoms with E-state index in [1.54, 1.807) is 0 Å². The minimum absolute atomic E-state index is 0.348. The molecule has 0 radical (unpaired) electrons. The number of hydrogen-bond acceptors (Lipinski definition) is 3. The van der Waals surface area contributed by atoms with Gasteiger partial charge in [0.15, 0.2) is 0 Å². The highest BCUT2D eigenvalue weighted by Gasteiger charge is 2.23. The van der Waals surface area contributed by atoms with Gasteiger partial charge >= 0.3 is 0 Å². The Hall–Kier alpha value is -1.16. The maximum Gasteiger partial charge on any atom is 0.0761 e. The van der Waals surface area contributed by atoms with Gasteiger partial charge < -0.3 is 5.73 Å². The molecule has 2 heterocycles. The molecule has 2 atom stereocenters. The van der Waals surface area contributed by atoms with Gasteiger partial charge in [-0.1, -0.05) is 17.7 Å². The van der Waals surface area contributed by atoms with E-state index in [-0.39, 0.29) is 0 Å². The number of aromatic nitrogens is 1. The average Bonchev–Trinajstić information content (AvgIpc) is 2.45. The maximum absolute atomic E-state index is 6.25. The molecule has 0 spiro atoms. The molecule has 20 heavy (non-hydrogen) atoms. The van der Waals surface area contributed by atoms with Crippen molar-refractivity contribution in [3.05, 3.63) is 41.0 Å². The van der Waals surface area contributed by atoms with Crippen molar-refractivity contribution in [3.63, 3.8) is 0 Å². The molecular weight excluding hydrogens is 270 g/mol. The summed E-state index contributed by atoms with van der Waals surface area (Å²) in [4.78, 5) is 7.00. The van der Waals surface area contributed by atoms with Crippen LogP contribution >= 0.6 is 11.6 Å². The molecule has 1 aromatic heterocycles. The highest BCUT2D eigenvalue weighted by atomic mass is 35.5. The molecule has 2 aromatic rings. The van der Waals surface area contributed by atoms with Crippen molar-refractivity contribution in [2.24, 2.45) is 5.73 Å². The zero-order valence-corrected chi connectivity index (χ0v) is 12.5. The molecule has 1 aromatic carbocycles. The quantitative estimate of drug-likeness (QED) is 0.923. The van der Waals surface area contributed by atoms with Crippen molar-refractivity contribution >= 4 is 22.5 Å². The van der Waals surface area contributed by atoms with Crippen LogP contribution in [0.4, 0.5) is 0 Å². The molecular formula is C16H20ClN3. The molecule has 1 saturated heterocycles. The zero-order chi connectivity index (χ0) is 14.1. The third kappa shape index (κ3) is 2.66. The number of benzene rings is 1. The van der Waals surface area contributed by atoms with Crippen LogP contribution in [0.3, 0.4) is 0 Å². The maximum atomic E-state index is 6.25. The lowest BCUT2D eigenvalue weighted by atomic mass is 9.98. The first-order chi connectivity index (χ1) is 9.65. The van der Waals surface area contributed by atoms with E-state index in [9.17, 15) is 0 Å². The molecule has 0 amide bonds. The number of fused-ring (bicyclic) bond motifs is 1. The number of nitrogens with zero attached hydrogens (tertiary/aromatic N) is 2. The minimum Gasteiger partial charge on any atom is -0.328 e. The normalized spacial score (nSPS) is 24.1. The van der Waals surface area contributed by atoms with Crippen LogP contribution in [-0.2, 0) is 6.54 Å². The molecule has 0 saturated carbocycles. The monoisotopic (exact) mass is 289 g/mol. The standard InChI is InChI=1S/C16H20ClN3/c1-11-9-13(18)6-8-20(11)10-12-4-5-15(17)14-3-2-7-19-16(12)14/h2-5,7,11,13H,6,8-10,18H2,1H3. The lowest BCUT2D eigenvalue weighted by Crippen LogP contribution is -2.45. The number of pyridine rings is 1. The summed E-state index contributed by atoms with van der Waals surface area (Å²) in [7, 11) is 0. The third-order valence-corrected chi connectivity index (χ3v) is 4.56. The molecule has 4 heteroatoms. The van der Waals surface area contributed by atoms with Gasteiger partial charge in [-0.3, -0.25) is 9.88 Å². The molecule has 1 aliphatic rings. The van der Waals surface area contributed by atoms with Gasteiger partial charge in [0.25, 0.3) is 0 Å². The topological polar surface area (TPSA) is 42.1 Å². The lowest BCUT2D eigenvalue weighted by Gasteiger charge is -2.36. The summed E-state index contributed by atoms with van der Waals surface area (Å²) in [5, 5.41) is 1.80. The van der Waals surface area contributed by atoms with E-state index in [0.29, 0.717) is 12.1 Å². The summed E-state index contributed by atoms with van der Waals surface area (Å²) in [6.45, 7) is 4.22. The SMILES string of the molecule is CC1CC(N)CCN1Cc1ccc(Cl)c2cccnc12. The van der Waals surface area contributed by atoms with Crippen LogP contribution in [-0.4, -0.2) is 28.5 Å². The summed E-state index contributed by atoms with van der Waals surface area (Å²) >= 11 is 6.25. The summed E-state index contributed by atoms with van der Waals surface area (Å²) in [6, 6.07) is 8.90. The first-order valence-electron chi connectivity index (χ1n) is 7.17. The van der Waals surface area contributed by atoms with Crippen LogP contribution in [0, 0.1) is 0 Å². The largest absolute Gasteiger partial charge is 0.328 e. The number of halogens is 1. The smallest absolute Gasteiger partial charge is 0.0761 e. The number of rotatable bonds is 2. The van der Waals surface area contributed by atoms with Crippen LogP contribution in [0.2, 0.25) is 5.02 Å². The van der Waals surface area contributed by atoms with E-state index >= 15 is 0 Å². The first-order valence-corrected chi connectivity index (χ1v) is 7.54. The van der Waals surface area contributed by atoms with Crippen molar-refractivity contribution in [3.8, 4) is 0 Å². The summed E-state index contributed by atoms with van der Waals surface area (Å²) in [5.41, 5.74) is 8.29. The molecule has 3 nitrogen and oxygen atoms in total. The van der Waals surface area contributed by atoms with E-state index in [4.69, 9.17) is 17.3 Å².